The van der Waals surface area contributed by atoms with Crippen LogP contribution in [0.25, 0.3) is 10.2 Å². The number of nitrogens with one attached hydrogen (secondary N) is 1. The second-order valence-electron chi connectivity index (χ2n) is 5.71. The number of thiophene rings is 2. The third-order valence-corrected chi connectivity index (χ3v) is 5.94. The van der Waals surface area contributed by atoms with E-state index in [0.29, 0.717) is 5.69 Å². The minimum Gasteiger partial charge on any atom is -0.464 e. The van der Waals surface area contributed by atoms with E-state index in [4.69, 9.17) is 4.74 Å². The molecule has 0 spiro atoms. The lowest BCUT2D eigenvalue weighted by molar-refractivity contribution is -0.122. The highest BCUT2D eigenvalue weighted by Crippen LogP contribution is 2.27. The zero-order valence-electron chi connectivity index (χ0n) is 14.2. The van der Waals surface area contributed by atoms with Crippen LogP contribution in [0.1, 0.15) is 41.2 Å². The SMILES string of the molecule is CCCC(NC(=O)Cn1c(C(=O)OC)cc2ccsc21)c1cccs1. The molecule has 0 aliphatic rings. The van der Waals surface area contributed by atoms with Crippen LogP contribution in [-0.2, 0) is 16.1 Å². The molecule has 0 saturated heterocycles. The largest absolute Gasteiger partial charge is 0.464 e. The topological polar surface area (TPSA) is 60.3 Å². The second kappa shape index (κ2) is 7.84. The Labute approximate surface area is 154 Å². The summed E-state index contributed by atoms with van der Waals surface area (Å²) in [5.41, 5.74) is 0.405. The molecule has 0 saturated carbocycles. The van der Waals surface area contributed by atoms with E-state index < -0.39 is 5.97 Å². The highest BCUT2D eigenvalue weighted by atomic mass is 32.1. The Balaban J connectivity index is 1.81. The van der Waals surface area contributed by atoms with Crippen molar-refractivity contribution in [1.29, 1.82) is 0 Å². The number of esters is 1. The van der Waals surface area contributed by atoms with Gasteiger partial charge in [0.2, 0.25) is 5.91 Å². The van der Waals surface area contributed by atoms with Crippen molar-refractivity contribution in [2.24, 2.45) is 0 Å². The molecule has 3 aromatic rings. The number of aromatic nitrogens is 1. The van der Waals surface area contributed by atoms with Gasteiger partial charge >= 0.3 is 5.97 Å². The molecule has 3 rings (SSSR count). The lowest BCUT2D eigenvalue weighted by Crippen LogP contribution is -2.32. The van der Waals surface area contributed by atoms with Crippen LogP contribution in [0.2, 0.25) is 0 Å². The summed E-state index contributed by atoms with van der Waals surface area (Å²) in [6, 6.07) is 7.75. The molecule has 0 fully saturated rings. The van der Waals surface area contributed by atoms with Gasteiger partial charge in [-0.15, -0.1) is 22.7 Å². The number of nitrogens with zero attached hydrogens (tertiary/aromatic N) is 1. The van der Waals surface area contributed by atoms with Crippen molar-refractivity contribution in [1.82, 2.24) is 9.88 Å². The number of amides is 1. The van der Waals surface area contributed by atoms with E-state index in [2.05, 4.69) is 12.2 Å². The van der Waals surface area contributed by atoms with Crippen LogP contribution in [0, 0.1) is 0 Å². The van der Waals surface area contributed by atoms with Crippen LogP contribution in [0.4, 0.5) is 0 Å². The fourth-order valence-electron chi connectivity index (χ4n) is 2.85. The number of rotatable bonds is 7. The number of hydrogen-bond donors (Lipinski definition) is 1. The van der Waals surface area contributed by atoms with Crippen molar-refractivity contribution in [3.05, 3.63) is 45.6 Å². The van der Waals surface area contributed by atoms with Gasteiger partial charge in [-0.25, -0.2) is 4.79 Å². The van der Waals surface area contributed by atoms with Gasteiger partial charge in [0.05, 0.1) is 13.2 Å². The van der Waals surface area contributed by atoms with Crippen LogP contribution in [0.15, 0.2) is 35.0 Å². The number of ether oxygens (including phenoxy) is 1. The van der Waals surface area contributed by atoms with Crippen LogP contribution in [0.3, 0.4) is 0 Å². The summed E-state index contributed by atoms with van der Waals surface area (Å²) in [4.78, 5) is 26.7. The Morgan fingerprint density at radius 1 is 1.28 bits per heavy atom. The Bertz CT molecular complexity index is 864. The van der Waals surface area contributed by atoms with Crippen molar-refractivity contribution >= 4 is 44.8 Å². The minimum atomic E-state index is -0.431. The van der Waals surface area contributed by atoms with Gasteiger partial charge in [-0.3, -0.25) is 4.79 Å². The van der Waals surface area contributed by atoms with Gasteiger partial charge in [-0.1, -0.05) is 19.4 Å². The molecule has 1 N–H and O–H groups in total. The Kier molecular flexibility index (Phi) is 5.55. The van der Waals surface area contributed by atoms with Gasteiger partial charge in [-0.05, 0) is 35.4 Å². The van der Waals surface area contributed by atoms with E-state index in [1.165, 1.54) is 18.4 Å². The Hall–Kier alpha value is -2.12. The van der Waals surface area contributed by atoms with Gasteiger partial charge in [0.25, 0.3) is 0 Å². The van der Waals surface area contributed by atoms with Crippen molar-refractivity contribution in [2.75, 3.05) is 7.11 Å². The first-order chi connectivity index (χ1) is 12.1. The molecule has 0 radical (unpaired) electrons. The maximum Gasteiger partial charge on any atom is 0.354 e. The zero-order chi connectivity index (χ0) is 17.8. The van der Waals surface area contributed by atoms with Crippen molar-refractivity contribution in [3.63, 3.8) is 0 Å². The van der Waals surface area contributed by atoms with E-state index in [1.807, 2.05) is 29.0 Å². The second-order valence-corrected chi connectivity index (χ2v) is 7.59. The van der Waals surface area contributed by atoms with Crippen LogP contribution in [0.5, 0.6) is 0 Å². The fourth-order valence-corrected chi connectivity index (χ4v) is 4.56. The summed E-state index contributed by atoms with van der Waals surface area (Å²) in [5, 5.41) is 8.01. The van der Waals surface area contributed by atoms with Crippen LogP contribution < -0.4 is 5.32 Å². The van der Waals surface area contributed by atoms with Gasteiger partial charge < -0.3 is 14.6 Å². The molecule has 132 valence electrons. The van der Waals surface area contributed by atoms with Crippen molar-refractivity contribution in [2.45, 2.75) is 32.4 Å². The van der Waals surface area contributed by atoms with Gasteiger partial charge in [0, 0.05) is 10.3 Å². The predicted molar refractivity (Wildman–Crippen MR) is 101 cm³/mol. The van der Waals surface area contributed by atoms with Crippen LogP contribution >= 0.6 is 22.7 Å². The summed E-state index contributed by atoms with van der Waals surface area (Å²) in [7, 11) is 1.35. The highest BCUT2D eigenvalue weighted by molar-refractivity contribution is 7.16. The molecule has 25 heavy (non-hydrogen) atoms. The lowest BCUT2D eigenvalue weighted by Gasteiger charge is -2.17. The van der Waals surface area contributed by atoms with Crippen molar-refractivity contribution in [3.8, 4) is 0 Å². The zero-order valence-corrected chi connectivity index (χ0v) is 15.8. The van der Waals surface area contributed by atoms with Crippen molar-refractivity contribution < 1.29 is 14.3 Å². The number of fused-ring (bicyclic) bond motifs is 1. The molecule has 0 aliphatic heterocycles. The number of carbonyl (C=O) groups is 2. The molecule has 7 heteroatoms. The van der Waals surface area contributed by atoms with E-state index in [9.17, 15) is 9.59 Å². The molecule has 1 amide bonds. The smallest absolute Gasteiger partial charge is 0.354 e. The standard InChI is InChI=1S/C18H20N2O3S2/c1-3-5-13(15-6-4-8-24-15)19-16(21)11-20-14(18(22)23-2)10-12-7-9-25-17(12)20/h4,6-10,13H,3,5,11H2,1-2H3,(H,19,21). The third-order valence-electron chi connectivity index (χ3n) is 4.00. The molecule has 0 bridgehead atoms. The molecule has 3 aromatic heterocycles. The van der Waals surface area contributed by atoms with E-state index >= 15 is 0 Å². The molecule has 1 unspecified atom stereocenters. The lowest BCUT2D eigenvalue weighted by atomic mass is 10.1. The number of carbonyl (C=O) groups excluding carboxylic acids is 2. The normalized spacial score (nSPS) is 12.2. The summed E-state index contributed by atoms with van der Waals surface area (Å²) in [6.07, 6.45) is 1.87. The highest BCUT2D eigenvalue weighted by Gasteiger charge is 2.21. The maximum atomic E-state index is 12.6. The number of methoxy groups -OCH3 is 1. The predicted octanol–water partition coefficient (Wildman–Crippen LogP) is 4.21. The first-order valence-corrected chi connectivity index (χ1v) is 9.87. The minimum absolute atomic E-state index is 0.00784. The summed E-state index contributed by atoms with van der Waals surface area (Å²) in [5.74, 6) is -0.539. The monoisotopic (exact) mass is 376 g/mol. The molecule has 1 atom stereocenters. The van der Waals surface area contributed by atoms with Gasteiger partial charge in [0.1, 0.15) is 17.1 Å². The van der Waals surface area contributed by atoms with Crippen LogP contribution in [-0.4, -0.2) is 23.6 Å². The summed E-state index contributed by atoms with van der Waals surface area (Å²) < 4.78 is 6.59. The Morgan fingerprint density at radius 2 is 2.12 bits per heavy atom. The quantitative estimate of drug-likeness (QED) is 0.629. The average Bonchev–Trinajstić information content (AvgIpc) is 3.32. The summed E-state index contributed by atoms with van der Waals surface area (Å²) in [6.45, 7) is 2.20. The Morgan fingerprint density at radius 3 is 2.80 bits per heavy atom. The van der Waals surface area contributed by atoms with Gasteiger partial charge in [0.15, 0.2) is 0 Å². The molecule has 5 nitrogen and oxygen atoms in total. The summed E-state index contributed by atoms with van der Waals surface area (Å²) >= 11 is 3.15. The first-order valence-electron chi connectivity index (χ1n) is 8.11. The number of hydrogen-bond acceptors (Lipinski definition) is 5. The van der Waals surface area contributed by atoms with E-state index in [-0.39, 0.29) is 18.5 Å². The van der Waals surface area contributed by atoms with E-state index in [1.54, 1.807) is 22.0 Å². The third kappa shape index (κ3) is 3.77. The van der Waals surface area contributed by atoms with Gasteiger partial charge in [-0.2, -0.15) is 0 Å². The fraction of sp³-hybridized carbons (Fsp3) is 0.333. The molecule has 0 aliphatic carbocycles. The van der Waals surface area contributed by atoms with E-state index in [0.717, 1.165) is 27.9 Å². The molecule has 3 heterocycles. The molecular formula is C18H20N2O3S2. The maximum absolute atomic E-state index is 12.6. The molecule has 0 aromatic carbocycles. The first kappa shape index (κ1) is 17.7. The average molecular weight is 377 g/mol. The molecular weight excluding hydrogens is 356 g/mol.